The lowest BCUT2D eigenvalue weighted by Crippen LogP contribution is -2.04. The van der Waals surface area contributed by atoms with Crippen LogP contribution in [0.15, 0.2) is 71.9 Å². The zero-order valence-electron chi connectivity index (χ0n) is 14.4. The third-order valence-corrected chi connectivity index (χ3v) is 4.93. The molecule has 2 aromatic heterocycles. The summed E-state index contributed by atoms with van der Waals surface area (Å²) < 4.78 is 1.59. The maximum absolute atomic E-state index is 12.4. The maximum atomic E-state index is 12.4. The minimum atomic E-state index is -0.523. The van der Waals surface area contributed by atoms with Gasteiger partial charge in [-0.25, -0.2) is 0 Å². The monoisotopic (exact) mass is 391 g/mol. The Morgan fingerprint density at radius 3 is 2.64 bits per heavy atom. The minimum absolute atomic E-state index is 0.0687. The van der Waals surface area contributed by atoms with Crippen LogP contribution >= 0.6 is 11.8 Å². The van der Waals surface area contributed by atoms with Crippen LogP contribution in [0.4, 0.5) is 5.69 Å². The van der Waals surface area contributed by atoms with Crippen LogP contribution in [0, 0.1) is 10.1 Å². The fourth-order valence-corrected chi connectivity index (χ4v) is 3.41. The van der Waals surface area contributed by atoms with Gasteiger partial charge in [0.1, 0.15) is 0 Å². The molecule has 0 atom stereocenters. The normalized spacial score (nSPS) is 10.9. The fraction of sp³-hybridized carbons (Fsp3) is 0.0526. The van der Waals surface area contributed by atoms with Gasteiger partial charge in [0.15, 0.2) is 11.4 Å². The van der Waals surface area contributed by atoms with Gasteiger partial charge in [0.2, 0.25) is 5.16 Å². The van der Waals surface area contributed by atoms with Gasteiger partial charge in [-0.2, -0.15) is 9.61 Å². The molecule has 28 heavy (non-hydrogen) atoms. The van der Waals surface area contributed by atoms with E-state index in [1.807, 2.05) is 42.5 Å². The summed E-state index contributed by atoms with van der Waals surface area (Å²) in [4.78, 5) is 22.8. The topological polar surface area (TPSA) is 103 Å². The first kappa shape index (κ1) is 17.8. The number of carbonyl (C=O) groups excluding carboxylic acids is 1. The second-order valence-electron chi connectivity index (χ2n) is 5.86. The number of nitro groups is 1. The number of nitrogens with zero attached hydrogens (tertiary/aromatic N) is 5. The standard InChI is InChI=1S/C19H13N5O3S/c25-17(14-7-4-8-15(11-14)24(26)27)12-28-19-21-20-18-10-9-16(22-23(18)19)13-5-2-1-3-6-13/h1-11H,12H2. The summed E-state index contributed by atoms with van der Waals surface area (Å²) in [5, 5.41) is 24.1. The van der Waals surface area contributed by atoms with E-state index in [4.69, 9.17) is 0 Å². The van der Waals surface area contributed by atoms with Crippen molar-refractivity contribution in [1.82, 2.24) is 19.8 Å². The molecular formula is C19H13N5O3S. The molecule has 0 aliphatic heterocycles. The summed E-state index contributed by atoms with van der Waals surface area (Å²) in [7, 11) is 0. The Kier molecular flexibility index (Phi) is 4.81. The largest absolute Gasteiger partial charge is 0.293 e. The van der Waals surface area contributed by atoms with Crippen LogP contribution in [0.1, 0.15) is 10.4 Å². The van der Waals surface area contributed by atoms with E-state index in [1.54, 1.807) is 10.6 Å². The van der Waals surface area contributed by atoms with Crippen LogP contribution in [0.5, 0.6) is 0 Å². The van der Waals surface area contributed by atoms with Crippen molar-refractivity contribution >= 4 is 28.9 Å². The van der Waals surface area contributed by atoms with Crippen LogP contribution in [0.25, 0.3) is 16.9 Å². The summed E-state index contributed by atoms with van der Waals surface area (Å²) in [5.41, 5.74) is 2.47. The number of carbonyl (C=O) groups is 1. The van der Waals surface area contributed by atoms with Crippen molar-refractivity contribution in [3.05, 3.63) is 82.4 Å². The number of ketones is 1. The van der Waals surface area contributed by atoms with Crippen LogP contribution in [0.3, 0.4) is 0 Å². The Bertz CT molecular complexity index is 1180. The average Bonchev–Trinajstić information content (AvgIpc) is 3.15. The maximum Gasteiger partial charge on any atom is 0.270 e. The van der Waals surface area contributed by atoms with Gasteiger partial charge in [0, 0.05) is 23.3 Å². The Balaban J connectivity index is 1.56. The van der Waals surface area contributed by atoms with E-state index < -0.39 is 4.92 Å². The molecule has 2 heterocycles. The van der Waals surface area contributed by atoms with Crippen LogP contribution in [-0.4, -0.2) is 36.3 Å². The Hall–Kier alpha value is -3.59. The molecule has 0 aliphatic rings. The van der Waals surface area contributed by atoms with Crippen LogP contribution in [-0.2, 0) is 0 Å². The van der Waals surface area contributed by atoms with E-state index >= 15 is 0 Å². The zero-order valence-corrected chi connectivity index (χ0v) is 15.2. The zero-order chi connectivity index (χ0) is 19.5. The van der Waals surface area contributed by atoms with Crippen molar-refractivity contribution < 1.29 is 9.72 Å². The Morgan fingerprint density at radius 2 is 1.86 bits per heavy atom. The van der Waals surface area contributed by atoms with Crippen molar-refractivity contribution in [1.29, 1.82) is 0 Å². The van der Waals surface area contributed by atoms with Crippen LogP contribution < -0.4 is 0 Å². The van der Waals surface area contributed by atoms with Gasteiger partial charge in [-0.1, -0.05) is 54.2 Å². The highest BCUT2D eigenvalue weighted by Gasteiger charge is 2.15. The summed E-state index contributed by atoms with van der Waals surface area (Å²) in [6.07, 6.45) is 0. The number of hydrogen-bond acceptors (Lipinski definition) is 7. The molecule has 4 rings (SSSR count). The lowest BCUT2D eigenvalue weighted by molar-refractivity contribution is -0.384. The van der Waals surface area contributed by atoms with E-state index in [9.17, 15) is 14.9 Å². The van der Waals surface area contributed by atoms with E-state index in [0.29, 0.717) is 10.8 Å². The lowest BCUT2D eigenvalue weighted by atomic mass is 10.1. The van der Waals surface area contributed by atoms with Gasteiger partial charge >= 0.3 is 0 Å². The number of fused-ring (bicyclic) bond motifs is 1. The number of thioether (sulfide) groups is 1. The number of benzene rings is 2. The molecule has 0 unspecified atom stereocenters. The highest BCUT2D eigenvalue weighted by atomic mass is 32.2. The average molecular weight is 391 g/mol. The number of hydrogen-bond donors (Lipinski definition) is 0. The molecule has 0 saturated carbocycles. The molecular weight excluding hydrogens is 378 g/mol. The molecule has 2 aromatic carbocycles. The fourth-order valence-electron chi connectivity index (χ4n) is 2.63. The summed E-state index contributed by atoms with van der Waals surface area (Å²) in [6, 6.07) is 19.1. The van der Waals surface area contributed by atoms with Gasteiger partial charge < -0.3 is 0 Å². The van der Waals surface area contributed by atoms with Gasteiger partial charge in [0.05, 0.1) is 16.4 Å². The first-order valence-corrected chi connectivity index (χ1v) is 9.29. The van der Waals surface area contributed by atoms with Crippen molar-refractivity contribution in [2.24, 2.45) is 0 Å². The van der Waals surface area contributed by atoms with Crippen molar-refractivity contribution in [3.63, 3.8) is 0 Å². The van der Waals surface area contributed by atoms with Crippen LogP contribution in [0.2, 0.25) is 0 Å². The molecule has 8 nitrogen and oxygen atoms in total. The van der Waals surface area contributed by atoms with Crippen molar-refractivity contribution in [3.8, 4) is 11.3 Å². The van der Waals surface area contributed by atoms with E-state index in [1.165, 1.54) is 30.0 Å². The van der Waals surface area contributed by atoms with Gasteiger partial charge in [-0.15, -0.1) is 10.2 Å². The molecule has 0 aliphatic carbocycles. The summed E-state index contributed by atoms with van der Waals surface area (Å²) in [5.74, 6) is -0.163. The highest BCUT2D eigenvalue weighted by molar-refractivity contribution is 7.99. The Morgan fingerprint density at radius 1 is 1.04 bits per heavy atom. The van der Waals surface area contributed by atoms with E-state index in [0.717, 1.165) is 11.3 Å². The predicted molar refractivity (Wildman–Crippen MR) is 104 cm³/mol. The van der Waals surface area contributed by atoms with E-state index in [-0.39, 0.29) is 22.8 Å². The second kappa shape index (κ2) is 7.57. The SMILES string of the molecule is O=C(CSc1nnc2ccc(-c3ccccc3)nn12)c1cccc([N+](=O)[O-])c1. The molecule has 0 radical (unpaired) electrons. The first-order chi connectivity index (χ1) is 13.6. The minimum Gasteiger partial charge on any atom is -0.293 e. The molecule has 0 saturated heterocycles. The third kappa shape index (κ3) is 3.60. The second-order valence-corrected chi connectivity index (χ2v) is 6.80. The number of non-ortho nitro benzene ring substituents is 1. The van der Waals surface area contributed by atoms with E-state index in [2.05, 4.69) is 15.3 Å². The molecule has 0 spiro atoms. The lowest BCUT2D eigenvalue weighted by Gasteiger charge is -2.03. The van der Waals surface area contributed by atoms with Crippen molar-refractivity contribution in [2.45, 2.75) is 5.16 Å². The number of Topliss-reactive ketones (excluding diaryl/α,β-unsaturated/α-hetero) is 1. The van der Waals surface area contributed by atoms with Crippen molar-refractivity contribution in [2.75, 3.05) is 5.75 Å². The third-order valence-electron chi connectivity index (χ3n) is 4.02. The summed E-state index contributed by atoms with van der Waals surface area (Å²) >= 11 is 1.19. The number of nitro benzene ring substituents is 1. The highest BCUT2D eigenvalue weighted by Crippen LogP contribution is 2.22. The smallest absolute Gasteiger partial charge is 0.270 e. The molecule has 0 fully saturated rings. The molecule has 0 bridgehead atoms. The predicted octanol–water partition coefficient (Wildman–Crippen LogP) is 3.67. The molecule has 9 heteroatoms. The molecule has 138 valence electrons. The molecule has 4 aromatic rings. The molecule has 0 N–H and O–H groups in total. The first-order valence-electron chi connectivity index (χ1n) is 8.30. The number of rotatable bonds is 6. The molecule has 0 amide bonds. The number of aromatic nitrogens is 4. The summed E-state index contributed by atoms with van der Waals surface area (Å²) in [6.45, 7) is 0. The Labute approximate surface area is 163 Å². The van der Waals surface area contributed by atoms with Gasteiger partial charge in [0.25, 0.3) is 5.69 Å². The van der Waals surface area contributed by atoms with Gasteiger partial charge in [-0.05, 0) is 12.1 Å². The van der Waals surface area contributed by atoms with Gasteiger partial charge in [-0.3, -0.25) is 14.9 Å². The quantitative estimate of drug-likeness (QED) is 0.214.